The van der Waals surface area contributed by atoms with Gasteiger partial charge in [-0.3, -0.25) is 9.59 Å². The van der Waals surface area contributed by atoms with Crippen molar-refractivity contribution in [2.75, 3.05) is 18.5 Å². The van der Waals surface area contributed by atoms with E-state index in [-0.39, 0.29) is 18.9 Å². The maximum absolute atomic E-state index is 12.0. The average Bonchev–Trinajstić information content (AvgIpc) is 2.71. The van der Waals surface area contributed by atoms with Crippen LogP contribution >= 0.6 is 11.6 Å². The molecular formula is C23H22ClNO4. The van der Waals surface area contributed by atoms with Crippen molar-refractivity contribution in [1.29, 1.82) is 0 Å². The lowest BCUT2D eigenvalue weighted by Gasteiger charge is -2.10. The summed E-state index contributed by atoms with van der Waals surface area (Å²) in [5, 5.41) is 5.51. The molecule has 0 saturated carbocycles. The van der Waals surface area contributed by atoms with E-state index < -0.39 is 5.97 Å². The summed E-state index contributed by atoms with van der Waals surface area (Å²) in [6.07, 6.45) is 0.670. The third-order valence-electron chi connectivity index (χ3n) is 4.32. The van der Waals surface area contributed by atoms with Crippen molar-refractivity contribution in [3.63, 3.8) is 0 Å². The van der Waals surface area contributed by atoms with Crippen LogP contribution in [-0.2, 0) is 14.3 Å². The van der Waals surface area contributed by atoms with E-state index in [4.69, 9.17) is 21.1 Å². The largest absolute Gasteiger partial charge is 0.493 e. The first-order valence-electron chi connectivity index (χ1n) is 9.34. The smallest absolute Gasteiger partial charge is 0.306 e. The molecule has 3 aromatic rings. The zero-order valence-electron chi connectivity index (χ0n) is 16.1. The topological polar surface area (TPSA) is 64.6 Å². The van der Waals surface area contributed by atoms with E-state index in [1.54, 1.807) is 12.1 Å². The van der Waals surface area contributed by atoms with Gasteiger partial charge in [0.25, 0.3) is 5.91 Å². The van der Waals surface area contributed by atoms with Crippen molar-refractivity contribution in [3.05, 3.63) is 71.2 Å². The fourth-order valence-corrected chi connectivity index (χ4v) is 3.08. The van der Waals surface area contributed by atoms with Gasteiger partial charge in [-0.05, 0) is 60.0 Å². The maximum atomic E-state index is 12.0. The number of hydrogen-bond donors (Lipinski definition) is 1. The number of rotatable bonds is 8. The molecule has 0 fully saturated rings. The van der Waals surface area contributed by atoms with Crippen LogP contribution in [0.1, 0.15) is 18.4 Å². The first-order chi connectivity index (χ1) is 14.0. The van der Waals surface area contributed by atoms with Gasteiger partial charge in [0.1, 0.15) is 5.75 Å². The number of carbonyl (C=O) groups excluding carboxylic acids is 2. The zero-order valence-corrected chi connectivity index (χ0v) is 16.9. The highest BCUT2D eigenvalue weighted by Gasteiger charge is 2.09. The van der Waals surface area contributed by atoms with Crippen LogP contribution in [0.2, 0.25) is 5.02 Å². The number of halogens is 1. The molecule has 0 heterocycles. The van der Waals surface area contributed by atoms with Gasteiger partial charge in [-0.2, -0.15) is 0 Å². The molecule has 0 saturated heterocycles. The molecule has 0 unspecified atom stereocenters. The van der Waals surface area contributed by atoms with Gasteiger partial charge in [0, 0.05) is 17.1 Å². The highest BCUT2D eigenvalue weighted by atomic mass is 35.5. The summed E-state index contributed by atoms with van der Waals surface area (Å²) < 4.78 is 10.7. The molecule has 150 valence electrons. The van der Waals surface area contributed by atoms with Crippen molar-refractivity contribution in [2.24, 2.45) is 0 Å². The second-order valence-electron chi connectivity index (χ2n) is 6.63. The molecule has 3 rings (SSSR count). The van der Waals surface area contributed by atoms with E-state index in [1.807, 2.05) is 55.5 Å². The van der Waals surface area contributed by atoms with Crippen LogP contribution in [0.5, 0.6) is 5.75 Å². The van der Waals surface area contributed by atoms with E-state index >= 15 is 0 Å². The van der Waals surface area contributed by atoms with E-state index in [2.05, 4.69) is 5.32 Å². The Morgan fingerprint density at radius 3 is 2.59 bits per heavy atom. The number of fused-ring (bicyclic) bond motifs is 1. The molecule has 0 atom stereocenters. The fraction of sp³-hybridized carbons (Fsp3) is 0.217. The minimum Gasteiger partial charge on any atom is -0.493 e. The highest BCUT2D eigenvalue weighted by Crippen LogP contribution is 2.22. The predicted molar refractivity (Wildman–Crippen MR) is 114 cm³/mol. The number of nitrogens with one attached hydrogen (secondary N) is 1. The maximum Gasteiger partial charge on any atom is 0.306 e. The second kappa shape index (κ2) is 9.94. The van der Waals surface area contributed by atoms with Gasteiger partial charge in [-0.1, -0.05) is 41.9 Å². The SMILES string of the molecule is Cc1cc(Cl)ccc1OCCCC(=O)OCC(=O)Nc1ccc2ccccc2c1. The number of esters is 1. The zero-order chi connectivity index (χ0) is 20.6. The van der Waals surface area contributed by atoms with Crippen LogP contribution < -0.4 is 10.1 Å². The molecule has 0 aliphatic carbocycles. The Hall–Kier alpha value is -3.05. The molecule has 6 heteroatoms. The number of amides is 1. The fourth-order valence-electron chi connectivity index (χ4n) is 2.86. The standard InChI is InChI=1S/C23H22ClNO4/c1-16-13-19(24)9-11-21(16)28-12-4-7-23(27)29-15-22(26)25-20-10-8-17-5-2-3-6-18(17)14-20/h2-3,5-6,8-11,13-14H,4,7,12,15H2,1H3,(H,25,26). The average molecular weight is 412 g/mol. The van der Waals surface area contributed by atoms with E-state index in [1.165, 1.54) is 0 Å². The van der Waals surface area contributed by atoms with Crippen LogP contribution in [0.4, 0.5) is 5.69 Å². The molecule has 0 aromatic heterocycles. The van der Waals surface area contributed by atoms with Crippen LogP contribution in [-0.4, -0.2) is 25.1 Å². The Balaban J connectivity index is 1.36. The summed E-state index contributed by atoms with van der Waals surface area (Å²) in [6.45, 7) is 1.97. The minimum atomic E-state index is -0.435. The Bertz CT molecular complexity index is 1020. The van der Waals surface area contributed by atoms with Gasteiger partial charge in [-0.25, -0.2) is 0 Å². The number of ether oxygens (including phenoxy) is 2. The van der Waals surface area contributed by atoms with Gasteiger partial charge in [0.05, 0.1) is 6.61 Å². The third-order valence-corrected chi connectivity index (χ3v) is 4.55. The molecule has 0 bridgehead atoms. The summed E-state index contributed by atoms with van der Waals surface area (Å²) in [6, 6.07) is 18.9. The van der Waals surface area contributed by atoms with Crippen LogP contribution in [0.15, 0.2) is 60.7 Å². The van der Waals surface area contributed by atoms with Gasteiger partial charge in [-0.15, -0.1) is 0 Å². The monoisotopic (exact) mass is 411 g/mol. The van der Waals surface area contributed by atoms with Gasteiger partial charge in [0.2, 0.25) is 0 Å². The predicted octanol–water partition coefficient (Wildman–Crippen LogP) is 5.14. The number of hydrogen-bond acceptors (Lipinski definition) is 4. The lowest BCUT2D eigenvalue weighted by molar-refractivity contribution is -0.147. The molecule has 0 aliphatic heterocycles. The molecule has 29 heavy (non-hydrogen) atoms. The first-order valence-corrected chi connectivity index (χ1v) is 9.72. The van der Waals surface area contributed by atoms with Crippen LogP contribution in [0, 0.1) is 6.92 Å². The van der Waals surface area contributed by atoms with E-state index in [0.717, 1.165) is 22.1 Å². The van der Waals surface area contributed by atoms with Crippen molar-refractivity contribution in [1.82, 2.24) is 0 Å². The Morgan fingerprint density at radius 1 is 1.00 bits per heavy atom. The number of benzene rings is 3. The number of anilines is 1. The van der Waals surface area contributed by atoms with Crippen molar-refractivity contribution in [3.8, 4) is 5.75 Å². The van der Waals surface area contributed by atoms with Crippen molar-refractivity contribution < 1.29 is 19.1 Å². The van der Waals surface area contributed by atoms with Crippen molar-refractivity contribution >= 4 is 39.9 Å². The summed E-state index contributed by atoms with van der Waals surface area (Å²) in [5.41, 5.74) is 1.60. The molecule has 1 amide bonds. The van der Waals surface area contributed by atoms with Gasteiger partial charge < -0.3 is 14.8 Å². The van der Waals surface area contributed by atoms with Crippen molar-refractivity contribution in [2.45, 2.75) is 19.8 Å². The lowest BCUT2D eigenvalue weighted by Crippen LogP contribution is -2.21. The Kier molecular flexibility index (Phi) is 7.09. The Labute approximate surface area is 174 Å². The summed E-state index contributed by atoms with van der Waals surface area (Å²) in [7, 11) is 0. The molecule has 0 radical (unpaired) electrons. The summed E-state index contributed by atoms with van der Waals surface area (Å²) in [4.78, 5) is 23.8. The summed E-state index contributed by atoms with van der Waals surface area (Å²) >= 11 is 5.91. The first kappa shape index (κ1) is 20.7. The quantitative estimate of drug-likeness (QED) is 0.411. The molecule has 3 aromatic carbocycles. The second-order valence-corrected chi connectivity index (χ2v) is 7.07. The van der Waals surface area contributed by atoms with E-state index in [0.29, 0.717) is 23.7 Å². The van der Waals surface area contributed by atoms with Crippen LogP contribution in [0.25, 0.3) is 10.8 Å². The summed E-state index contributed by atoms with van der Waals surface area (Å²) in [5.74, 6) is -0.0747. The van der Waals surface area contributed by atoms with Gasteiger partial charge >= 0.3 is 5.97 Å². The van der Waals surface area contributed by atoms with E-state index in [9.17, 15) is 9.59 Å². The lowest BCUT2D eigenvalue weighted by atomic mass is 10.1. The minimum absolute atomic E-state index is 0.176. The normalized spacial score (nSPS) is 10.6. The Morgan fingerprint density at radius 2 is 1.79 bits per heavy atom. The molecule has 5 nitrogen and oxygen atoms in total. The molecule has 0 aliphatic rings. The van der Waals surface area contributed by atoms with Crippen LogP contribution in [0.3, 0.4) is 0 Å². The molecule has 0 spiro atoms. The van der Waals surface area contributed by atoms with Gasteiger partial charge in [0.15, 0.2) is 6.61 Å². The molecule has 1 N–H and O–H groups in total. The number of carbonyl (C=O) groups is 2. The molecular weight excluding hydrogens is 390 g/mol. The highest BCUT2D eigenvalue weighted by molar-refractivity contribution is 6.30. The number of aryl methyl sites for hydroxylation is 1. The third kappa shape index (κ3) is 6.22.